The second-order valence-electron chi connectivity index (χ2n) is 5.23. The van der Waals surface area contributed by atoms with Crippen molar-refractivity contribution in [2.75, 3.05) is 0 Å². The van der Waals surface area contributed by atoms with Crippen molar-refractivity contribution in [3.63, 3.8) is 0 Å². The van der Waals surface area contributed by atoms with Crippen molar-refractivity contribution in [3.8, 4) is 0 Å². The lowest BCUT2D eigenvalue weighted by Gasteiger charge is -2.13. The first-order valence-electron chi connectivity index (χ1n) is 8.26. The van der Waals surface area contributed by atoms with E-state index in [0.717, 1.165) is 24.4 Å². The van der Waals surface area contributed by atoms with Gasteiger partial charge in [-0.3, -0.25) is 0 Å². The van der Waals surface area contributed by atoms with Gasteiger partial charge in [-0.2, -0.15) is 0 Å². The molecule has 1 nitrogen and oxygen atoms in total. The Labute approximate surface area is 121 Å². The molecule has 0 aliphatic rings. The molecule has 0 aliphatic heterocycles. The average Bonchev–Trinajstić information content (AvgIpc) is 2.44. The Morgan fingerprint density at radius 1 is 0.684 bits per heavy atom. The van der Waals surface area contributed by atoms with Gasteiger partial charge in [-0.05, 0) is 38.8 Å². The molecule has 0 amide bonds. The van der Waals surface area contributed by atoms with Gasteiger partial charge in [0.15, 0.2) is 0 Å². The second-order valence-corrected chi connectivity index (χ2v) is 5.23. The molecule has 0 aromatic rings. The standard InChI is InChI=1S/C18H34O/c1-5-9-11-13-15-17(7-3)19-18(8-4)16-14-12-10-6-2/h7-8H,5-6,9-16H2,1-4H3/b17-7-,18-8-. The molecule has 0 fully saturated rings. The summed E-state index contributed by atoms with van der Waals surface area (Å²) in [6, 6.07) is 0. The molecule has 1 heteroatoms. The third kappa shape index (κ3) is 10.9. The molecule has 0 radical (unpaired) electrons. The molecule has 0 atom stereocenters. The summed E-state index contributed by atoms with van der Waals surface area (Å²) in [5.74, 6) is 2.30. The van der Waals surface area contributed by atoms with Crippen LogP contribution in [0.25, 0.3) is 0 Å². The predicted octanol–water partition coefficient (Wildman–Crippen LogP) is 6.75. The van der Waals surface area contributed by atoms with Gasteiger partial charge in [0.25, 0.3) is 0 Å². The van der Waals surface area contributed by atoms with Gasteiger partial charge in [0, 0.05) is 12.8 Å². The van der Waals surface area contributed by atoms with E-state index in [4.69, 9.17) is 4.74 Å². The molecule has 19 heavy (non-hydrogen) atoms. The zero-order valence-corrected chi connectivity index (χ0v) is 13.6. The van der Waals surface area contributed by atoms with Crippen molar-refractivity contribution in [2.24, 2.45) is 0 Å². The molecule has 0 spiro atoms. The Morgan fingerprint density at radius 3 is 1.42 bits per heavy atom. The summed E-state index contributed by atoms with van der Waals surface area (Å²) < 4.78 is 6.03. The van der Waals surface area contributed by atoms with E-state index in [1.165, 1.54) is 51.4 Å². The van der Waals surface area contributed by atoms with Crippen LogP contribution in [0.1, 0.15) is 91.9 Å². The first kappa shape index (κ1) is 18.3. The molecule has 0 saturated carbocycles. The van der Waals surface area contributed by atoms with Gasteiger partial charge in [0.05, 0.1) is 11.5 Å². The smallest absolute Gasteiger partial charge is 0.0993 e. The predicted molar refractivity (Wildman–Crippen MR) is 86.1 cm³/mol. The summed E-state index contributed by atoms with van der Waals surface area (Å²) in [5, 5.41) is 0. The second kappa shape index (κ2) is 13.7. The van der Waals surface area contributed by atoms with Gasteiger partial charge in [-0.15, -0.1) is 0 Å². The maximum absolute atomic E-state index is 6.03. The van der Waals surface area contributed by atoms with Crippen molar-refractivity contribution in [2.45, 2.75) is 91.9 Å². The van der Waals surface area contributed by atoms with Crippen LogP contribution in [0.5, 0.6) is 0 Å². The lowest BCUT2D eigenvalue weighted by molar-refractivity contribution is 0.269. The van der Waals surface area contributed by atoms with Crippen LogP contribution >= 0.6 is 0 Å². The molecule has 0 bridgehead atoms. The minimum Gasteiger partial charge on any atom is -0.467 e. The Kier molecular flexibility index (Phi) is 13.2. The highest BCUT2D eigenvalue weighted by Gasteiger charge is 2.03. The summed E-state index contributed by atoms with van der Waals surface area (Å²) in [4.78, 5) is 0. The van der Waals surface area contributed by atoms with E-state index in [1.54, 1.807) is 0 Å². The Morgan fingerprint density at radius 2 is 1.11 bits per heavy atom. The monoisotopic (exact) mass is 266 g/mol. The lowest BCUT2D eigenvalue weighted by atomic mass is 10.1. The Bertz CT molecular complexity index is 224. The van der Waals surface area contributed by atoms with E-state index in [0.29, 0.717) is 0 Å². The van der Waals surface area contributed by atoms with Crippen LogP contribution in [0, 0.1) is 0 Å². The topological polar surface area (TPSA) is 9.23 Å². The van der Waals surface area contributed by atoms with Crippen molar-refractivity contribution in [1.82, 2.24) is 0 Å². The maximum Gasteiger partial charge on any atom is 0.0993 e. The van der Waals surface area contributed by atoms with E-state index in [2.05, 4.69) is 39.8 Å². The highest BCUT2D eigenvalue weighted by molar-refractivity contribution is 5.00. The first-order valence-corrected chi connectivity index (χ1v) is 8.26. The van der Waals surface area contributed by atoms with Gasteiger partial charge in [-0.25, -0.2) is 0 Å². The number of hydrogen-bond acceptors (Lipinski definition) is 1. The molecule has 0 N–H and O–H groups in total. The van der Waals surface area contributed by atoms with Crippen molar-refractivity contribution in [1.29, 1.82) is 0 Å². The van der Waals surface area contributed by atoms with Gasteiger partial charge < -0.3 is 4.74 Å². The third-order valence-corrected chi connectivity index (χ3v) is 3.46. The van der Waals surface area contributed by atoms with E-state index >= 15 is 0 Å². The van der Waals surface area contributed by atoms with Crippen molar-refractivity contribution >= 4 is 0 Å². The van der Waals surface area contributed by atoms with E-state index < -0.39 is 0 Å². The van der Waals surface area contributed by atoms with E-state index in [1.807, 2.05) is 0 Å². The van der Waals surface area contributed by atoms with Crippen LogP contribution < -0.4 is 0 Å². The summed E-state index contributed by atoms with van der Waals surface area (Å²) >= 11 is 0. The molecular weight excluding hydrogens is 232 g/mol. The molecule has 0 aliphatic carbocycles. The minimum absolute atomic E-state index is 1.09. The summed E-state index contributed by atoms with van der Waals surface area (Å²) in [6.45, 7) is 8.67. The van der Waals surface area contributed by atoms with Gasteiger partial charge in [0.2, 0.25) is 0 Å². The fourth-order valence-corrected chi connectivity index (χ4v) is 2.13. The fraction of sp³-hybridized carbons (Fsp3) is 0.778. The minimum atomic E-state index is 1.09. The fourth-order valence-electron chi connectivity index (χ4n) is 2.13. The number of hydrogen-bond donors (Lipinski definition) is 0. The van der Waals surface area contributed by atoms with Crippen LogP contribution in [0.3, 0.4) is 0 Å². The van der Waals surface area contributed by atoms with E-state index in [-0.39, 0.29) is 0 Å². The van der Waals surface area contributed by atoms with Crippen LogP contribution in [-0.4, -0.2) is 0 Å². The van der Waals surface area contributed by atoms with Gasteiger partial charge in [-0.1, -0.05) is 52.4 Å². The van der Waals surface area contributed by atoms with Crippen molar-refractivity contribution in [3.05, 3.63) is 23.7 Å². The SMILES string of the molecule is C/C=C(/CCCCCC)O/C(=C\C)CCCCCC. The molecule has 0 heterocycles. The molecule has 0 aromatic carbocycles. The Balaban J connectivity index is 3.91. The summed E-state index contributed by atoms with van der Waals surface area (Å²) in [6.07, 6.45) is 16.8. The molecule has 0 rings (SSSR count). The normalized spacial score (nSPS) is 12.8. The number of allylic oxidation sites excluding steroid dienone is 4. The van der Waals surface area contributed by atoms with E-state index in [9.17, 15) is 0 Å². The van der Waals surface area contributed by atoms with Crippen LogP contribution in [0.4, 0.5) is 0 Å². The zero-order valence-electron chi connectivity index (χ0n) is 13.6. The Hall–Kier alpha value is -0.720. The average molecular weight is 266 g/mol. The van der Waals surface area contributed by atoms with Crippen LogP contribution in [0.2, 0.25) is 0 Å². The highest BCUT2D eigenvalue weighted by Crippen LogP contribution is 2.19. The molecular formula is C18H34O. The number of rotatable bonds is 12. The van der Waals surface area contributed by atoms with Crippen molar-refractivity contribution < 1.29 is 4.74 Å². The summed E-state index contributed by atoms with van der Waals surface area (Å²) in [5.41, 5.74) is 0. The van der Waals surface area contributed by atoms with Crippen LogP contribution in [0.15, 0.2) is 23.7 Å². The quantitative estimate of drug-likeness (QED) is 0.280. The number of ether oxygens (including phenoxy) is 1. The zero-order chi connectivity index (χ0) is 14.3. The molecule has 112 valence electrons. The molecule has 0 saturated heterocycles. The number of unbranched alkanes of at least 4 members (excludes halogenated alkanes) is 6. The highest BCUT2D eigenvalue weighted by atomic mass is 16.5. The van der Waals surface area contributed by atoms with Gasteiger partial charge in [0.1, 0.15) is 0 Å². The summed E-state index contributed by atoms with van der Waals surface area (Å²) in [7, 11) is 0. The molecule has 0 aromatic heterocycles. The maximum atomic E-state index is 6.03. The third-order valence-electron chi connectivity index (χ3n) is 3.46. The largest absolute Gasteiger partial charge is 0.467 e. The lowest BCUT2D eigenvalue weighted by Crippen LogP contribution is -1.95. The molecule has 0 unspecified atom stereocenters. The van der Waals surface area contributed by atoms with Gasteiger partial charge >= 0.3 is 0 Å². The first-order chi connectivity index (χ1) is 9.28. The van der Waals surface area contributed by atoms with Crippen LogP contribution in [-0.2, 0) is 4.74 Å².